The molecule has 0 spiro atoms. The van der Waals surface area contributed by atoms with Gasteiger partial charge >= 0.3 is 6.18 Å². The lowest BCUT2D eigenvalue weighted by molar-refractivity contribution is -0.137. The third-order valence-electron chi connectivity index (χ3n) is 4.95. The van der Waals surface area contributed by atoms with Crippen LogP contribution in [0.3, 0.4) is 0 Å². The second kappa shape index (κ2) is 8.66. The Labute approximate surface area is 184 Å². The molecule has 0 aliphatic rings. The Morgan fingerprint density at radius 1 is 0.812 bits per heavy atom. The molecule has 5 nitrogen and oxygen atoms in total. The first kappa shape index (κ1) is 23.3. The molecule has 3 aromatic rings. The van der Waals surface area contributed by atoms with E-state index in [2.05, 4.69) is 10.0 Å². The van der Waals surface area contributed by atoms with Gasteiger partial charge in [0.05, 0.1) is 10.5 Å². The highest BCUT2D eigenvalue weighted by Crippen LogP contribution is 2.31. The van der Waals surface area contributed by atoms with E-state index < -0.39 is 27.7 Å². The normalized spacial score (nSPS) is 11.8. The fraction of sp³-hybridized carbons (Fsp3) is 0.174. The Hall–Kier alpha value is -3.33. The van der Waals surface area contributed by atoms with Gasteiger partial charge in [-0.05, 0) is 79.9 Å². The summed E-state index contributed by atoms with van der Waals surface area (Å²) < 4.78 is 67.1. The molecule has 0 unspecified atom stereocenters. The average molecular weight is 462 g/mol. The SMILES string of the molecule is Cc1ccc(NS(=O)(=O)c2cc(C(=O)Nc3cccc(C(F)(F)F)c3)ccc2C)cc1C. The molecule has 0 atom stereocenters. The van der Waals surface area contributed by atoms with Gasteiger partial charge in [-0.2, -0.15) is 13.2 Å². The highest BCUT2D eigenvalue weighted by molar-refractivity contribution is 7.92. The van der Waals surface area contributed by atoms with Gasteiger partial charge in [0.1, 0.15) is 0 Å². The van der Waals surface area contributed by atoms with Crippen LogP contribution in [0.5, 0.6) is 0 Å². The number of sulfonamides is 1. The molecule has 0 radical (unpaired) electrons. The van der Waals surface area contributed by atoms with Gasteiger partial charge in [0, 0.05) is 16.9 Å². The highest BCUT2D eigenvalue weighted by Gasteiger charge is 2.30. The lowest BCUT2D eigenvalue weighted by Crippen LogP contribution is -2.17. The average Bonchev–Trinajstić information content (AvgIpc) is 2.70. The minimum absolute atomic E-state index is 0.00604. The van der Waals surface area contributed by atoms with Crippen LogP contribution in [-0.2, 0) is 16.2 Å². The Bertz CT molecular complexity index is 1290. The topological polar surface area (TPSA) is 75.3 Å². The largest absolute Gasteiger partial charge is 0.416 e. The summed E-state index contributed by atoms with van der Waals surface area (Å²) >= 11 is 0. The molecule has 0 heterocycles. The predicted octanol–water partition coefficient (Wildman–Crippen LogP) is 5.68. The molecule has 2 N–H and O–H groups in total. The first-order valence-electron chi connectivity index (χ1n) is 9.56. The molecule has 0 fully saturated rings. The van der Waals surface area contributed by atoms with Crippen molar-refractivity contribution in [1.29, 1.82) is 0 Å². The van der Waals surface area contributed by atoms with Crippen molar-refractivity contribution in [1.82, 2.24) is 0 Å². The molecule has 0 aromatic heterocycles. The van der Waals surface area contributed by atoms with Crippen LogP contribution in [-0.4, -0.2) is 14.3 Å². The van der Waals surface area contributed by atoms with E-state index in [9.17, 15) is 26.4 Å². The van der Waals surface area contributed by atoms with Crippen molar-refractivity contribution in [3.05, 3.63) is 88.5 Å². The van der Waals surface area contributed by atoms with Crippen molar-refractivity contribution in [3.63, 3.8) is 0 Å². The van der Waals surface area contributed by atoms with E-state index in [1.165, 1.54) is 30.3 Å². The summed E-state index contributed by atoms with van der Waals surface area (Å²) in [7, 11) is -4.01. The number of anilines is 2. The second-order valence-electron chi connectivity index (χ2n) is 7.42. The third-order valence-corrected chi connectivity index (χ3v) is 6.47. The molecule has 32 heavy (non-hydrogen) atoms. The Morgan fingerprint density at radius 2 is 1.50 bits per heavy atom. The van der Waals surface area contributed by atoms with Gasteiger partial charge in [0.15, 0.2) is 0 Å². The number of alkyl halides is 3. The van der Waals surface area contributed by atoms with Crippen molar-refractivity contribution < 1.29 is 26.4 Å². The maximum atomic E-state index is 12.9. The Balaban J connectivity index is 1.87. The molecule has 0 aliphatic carbocycles. The van der Waals surface area contributed by atoms with E-state index in [0.29, 0.717) is 11.3 Å². The molecule has 0 bridgehead atoms. The van der Waals surface area contributed by atoms with Crippen molar-refractivity contribution in [3.8, 4) is 0 Å². The molecule has 0 saturated carbocycles. The molecule has 168 valence electrons. The van der Waals surface area contributed by atoms with Crippen molar-refractivity contribution in [2.45, 2.75) is 31.8 Å². The van der Waals surface area contributed by atoms with Gasteiger partial charge in [-0.1, -0.05) is 18.2 Å². The maximum Gasteiger partial charge on any atom is 0.416 e. The van der Waals surface area contributed by atoms with Crippen molar-refractivity contribution in [2.75, 3.05) is 10.0 Å². The van der Waals surface area contributed by atoms with E-state index in [1.54, 1.807) is 25.1 Å². The van der Waals surface area contributed by atoms with Gasteiger partial charge in [0.25, 0.3) is 15.9 Å². The smallest absolute Gasteiger partial charge is 0.322 e. The number of amides is 1. The molecule has 3 aromatic carbocycles. The van der Waals surface area contributed by atoms with Crippen LogP contribution in [0.25, 0.3) is 0 Å². The first-order chi connectivity index (χ1) is 14.9. The predicted molar refractivity (Wildman–Crippen MR) is 117 cm³/mol. The Kier molecular flexibility index (Phi) is 6.32. The number of carbonyl (C=O) groups is 1. The number of hydrogen-bond acceptors (Lipinski definition) is 3. The number of rotatable bonds is 5. The quantitative estimate of drug-likeness (QED) is 0.512. The van der Waals surface area contributed by atoms with Crippen molar-refractivity contribution in [2.24, 2.45) is 0 Å². The highest BCUT2D eigenvalue weighted by atomic mass is 32.2. The van der Waals surface area contributed by atoms with E-state index in [-0.39, 0.29) is 16.1 Å². The molecule has 0 saturated heterocycles. The van der Waals surface area contributed by atoms with Crippen molar-refractivity contribution >= 4 is 27.3 Å². The standard InChI is InChI=1S/C23H21F3N2O3S/c1-14-8-10-20(11-16(14)3)28-32(30,31)21-12-17(9-7-15(21)2)22(29)27-19-6-4-5-18(13-19)23(24,25)26/h4-13,28H,1-3H3,(H,27,29). The summed E-state index contributed by atoms with van der Waals surface area (Å²) in [5.74, 6) is -0.730. The summed E-state index contributed by atoms with van der Waals surface area (Å²) in [5.41, 5.74) is 1.76. The summed E-state index contributed by atoms with van der Waals surface area (Å²) in [5, 5.41) is 2.38. The minimum atomic E-state index is -4.55. The van der Waals surface area contributed by atoms with Crippen LogP contribution in [0.4, 0.5) is 24.5 Å². The first-order valence-corrected chi connectivity index (χ1v) is 11.0. The van der Waals surface area contributed by atoms with Gasteiger partial charge in [-0.15, -0.1) is 0 Å². The zero-order chi connectivity index (χ0) is 23.7. The molecule has 1 amide bonds. The number of carbonyl (C=O) groups excluding carboxylic acids is 1. The fourth-order valence-electron chi connectivity index (χ4n) is 3.02. The zero-order valence-corrected chi connectivity index (χ0v) is 18.4. The lowest BCUT2D eigenvalue weighted by atomic mass is 10.1. The maximum absolute atomic E-state index is 12.9. The Morgan fingerprint density at radius 3 is 2.16 bits per heavy atom. The van der Waals surface area contributed by atoms with Crippen LogP contribution in [0.1, 0.15) is 32.6 Å². The number of nitrogens with one attached hydrogen (secondary N) is 2. The van der Waals surface area contributed by atoms with Gasteiger partial charge in [-0.3, -0.25) is 9.52 Å². The van der Waals surface area contributed by atoms with E-state index in [4.69, 9.17) is 0 Å². The molecule has 3 rings (SSSR count). The van der Waals surface area contributed by atoms with Crippen LogP contribution in [0.15, 0.2) is 65.6 Å². The number of halogens is 3. The number of hydrogen-bond donors (Lipinski definition) is 2. The number of benzene rings is 3. The van der Waals surface area contributed by atoms with E-state index in [1.807, 2.05) is 13.8 Å². The molecule has 0 aliphatic heterocycles. The minimum Gasteiger partial charge on any atom is -0.322 e. The van der Waals surface area contributed by atoms with Crippen LogP contribution >= 0.6 is 0 Å². The van der Waals surface area contributed by atoms with Gasteiger partial charge < -0.3 is 5.32 Å². The zero-order valence-electron chi connectivity index (χ0n) is 17.5. The van der Waals surface area contributed by atoms with E-state index in [0.717, 1.165) is 23.3 Å². The summed E-state index contributed by atoms with van der Waals surface area (Å²) in [4.78, 5) is 12.5. The molecular formula is C23H21F3N2O3S. The lowest BCUT2D eigenvalue weighted by Gasteiger charge is -2.14. The fourth-order valence-corrected chi connectivity index (χ4v) is 4.34. The van der Waals surface area contributed by atoms with Crippen LogP contribution in [0, 0.1) is 20.8 Å². The van der Waals surface area contributed by atoms with Crippen LogP contribution in [0.2, 0.25) is 0 Å². The monoisotopic (exact) mass is 462 g/mol. The molecule has 9 heteroatoms. The second-order valence-corrected chi connectivity index (χ2v) is 9.07. The van der Waals surface area contributed by atoms with Crippen LogP contribution < -0.4 is 10.0 Å². The summed E-state index contributed by atoms with van der Waals surface area (Å²) in [6, 6.07) is 13.4. The summed E-state index contributed by atoms with van der Waals surface area (Å²) in [6.07, 6.45) is -4.55. The van der Waals surface area contributed by atoms with E-state index >= 15 is 0 Å². The van der Waals surface area contributed by atoms with Gasteiger partial charge in [-0.25, -0.2) is 8.42 Å². The molecular weight excluding hydrogens is 441 g/mol. The summed E-state index contributed by atoms with van der Waals surface area (Å²) in [6.45, 7) is 5.35. The van der Waals surface area contributed by atoms with Gasteiger partial charge in [0.2, 0.25) is 0 Å². The number of aryl methyl sites for hydroxylation is 3. The third kappa shape index (κ3) is 5.28.